The van der Waals surface area contributed by atoms with Gasteiger partial charge in [0.15, 0.2) is 0 Å². The van der Waals surface area contributed by atoms with Crippen molar-refractivity contribution < 1.29 is 5.11 Å². The van der Waals surface area contributed by atoms with E-state index in [4.69, 9.17) is 4.99 Å². The van der Waals surface area contributed by atoms with Crippen LogP contribution in [0.15, 0.2) is 41.4 Å². The van der Waals surface area contributed by atoms with Gasteiger partial charge in [0.25, 0.3) is 0 Å². The number of hydrogen-bond donors (Lipinski definition) is 1. The van der Waals surface area contributed by atoms with Crippen LogP contribution in [0.25, 0.3) is 0 Å². The predicted molar refractivity (Wildman–Crippen MR) is 111 cm³/mol. The first-order valence-electron chi connectivity index (χ1n) is 9.84. The summed E-state index contributed by atoms with van der Waals surface area (Å²) in [7, 11) is 0. The Balaban J connectivity index is 1.97. The maximum absolute atomic E-state index is 10.7. The normalized spacial score (nSPS) is 16.3. The van der Waals surface area contributed by atoms with Crippen LogP contribution in [0.3, 0.4) is 0 Å². The van der Waals surface area contributed by atoms with Crippen LogP contribution >= 0.6 is 0 Å². The summed E-state index contributed by atoms with van der Waals surface area (Å²) in [5.74, 6) is 0.960. The summed E-state index contributed by atoms with van der Waals surface area (Å²) in [5, 5.41) is 10.7. The molecule has 2 aromatic carbocycles. The fourth-order valence-electron chi connectivity index (χ4n) is 4.01. The molecule has 0 spiro atoms. The Kier molecular flexibility index (Phi) is 5.50. The minimum Gasteiger partial charge on any atom is -0.507 e. The van der Waals surface area contributed by atoms with Crippen LogP contribution in [0.2, 0.25) is 0 Å². The predicted octanol–water partition coefficient (Wildman–Crippen LogP) is 6.80. The van der Waals surface area contributed by atoms with Crippen molar-refractivity contribution in [2.24, 2.45) is 4.99 Å². The van der Waals surface area contributed by atoms with Crippen LogP contribution < -0.4 is 0 Å². The third-order valence-electron chi connectivity index (χ3n) is 5.52. The largest absolute Gasteiger partial charge is 0.507 e. The molecule has 0 aliphatic heterocycles. The molecule has 0 bridgehead atoms. The highest BCUT2D eigenvalue weighted by molar-refractivity contribution is 5.86. The molecule has 0 atom stereocenters. The van der Waals surface area contributed by atoms with E-state index in [9.17, 15) is 5.11 Å². The highest BCUT2D eigenvalue weighted by atomic mass is 16.3. The summed E-state index contributed by atoms with van der Waals surface area (Å²) in [6.45, 7) is 8.48. The first-order valence-corrected chi connectivity index (χ1v) is 9.84. The second-order valence-electron chi connectivity index (χ2n) is 8.60. The van der Waals surface area contributed by atoms with Crippen LogP contribution in [-0.4, -0.2) is 11.3 Å². The highest BCUT2D eigenvalue weighted by Gasteiger charge is 2.20. The van der Waals surface area contributed by atoms with E-state index in [-0.39, 0.29) is 5.41 Å². The lowest BCUT2D eigenvalue weighted by Crippen LogP contribution is -2.11. The zero-order valence-corrected chi connectivity index (χ0v) is 16.5. The van der Waals surface area contributed by atoms with E-state index in [2.05, 4.69) is 45.9 Å². The van der Waals surface area contributed by atoms with Crippen molar-refractivity contribution in [3.63, 3.8) is 0 Å². The van der Waals surface area contributed by atoms with Gasteiger partial charge in [0, 0.05) is 11.8 Å². The molecule has 1 saturated carbocycles. The first-order chi connectivity index (χ1) is 12.4. The maximum atomic E-state index is 10.7. The van der Waals surface area contributed by atoms with Gasteiger partial charge in [-0.3, -0.25) is 4.99 Å². The van der Waals surface area contributed by atoms with E-state index in [1.165, 1.54) is 43.2 Å². The van der Waals surface area contributed by atoms with Crippen molar-refractivity contribution in [1.82, 2.24) is 0 Å². The minimum absolute atomic E-state index is 0.0934. The number of nitrogens with zero attached hydrogens (tertiary/aromatic N) is 1. The third-order valence-corrected chi connectivity index (χ3v) is 5.52. The van der Waals surface area contributed by atoms with Crippen molar-refractivity contribution in [3.8, 4) is 5.75 Å². The molecule has 26 heavy (non-hydrogen) atoms. The molecule has 2 nitrogen and oxygen atoms in total. The Morgan fingerprint density at radius 3 is 2.38 bits per heavy atom. The second-order valence-corrected chi connectivity index (χ2v) is 8.60. The zero-order chi connectivity index (χ0) is 18.7. The van der Waals surface area contributed by atoms with Gasteiger partial charge in [-0.25, -0.2) is 0 Å². The number of hydrogen-bond acceptors (Lipinski definition) is 2. The summed E-state index contributed by atoms with van der Waals surface area (Å²) in [6, 6.07) is 12.4. The number of rotatable bonds is 3. The van der Waals surface area contributed by atoms with E-state index >= 15 is 0 Å². The van der Waals surface area contributed by atoms with E-state index in [1.807, 2.05) is 24.4 Å². The molecule has 1 N–H and O–H groups in total. The van der Waals surface area contributed by atoms with Crippen molar-refractivity contribution in [2.45, 2.75) is 71.1 Å². The maximum Gasteiger partial charge on any atom is 0.128 e. The third kappa shape index (κ3) is 4.00. The lowest BCUT2D eigenvalue weighted by atomic mass is 9.82. The van der Waals surface area contributed by atoms with E-state index < -0.39 is 0 Å². The molecule has 0 unspecified atom stereocenters. The number of para-hydroxylation sites is 2. The molecule has 3 rings (SSSR count). The van der Waals surface area contributed by atoms with E-state index in [1.54, 1.807) is 0 Å². The summed E-state index contributed by atoms with van der Waals surface area (Å²) in [6.07, 6.45) is 8.34. The van der Waals surface area contributed by atoms with Crippen molar-refractivity contribution in [2.75, 3.05) is 0 Å². The Morgan fingerprint density at radius 1 is 1.00 bits per heavy atom. The van der Waals surface area contributed by atoms with Gasteiger partial charge in [-0.1, -0.05) is 70.4 Å². The number of phenols is 1. The molecule has 138 valence electrons. The first kappa shape index (κ1) is 18.7. The molecular formula is C24H31NO. The van der Waals surface area contributed by atoms with Gasteiger partial charge in [-0.05, 0) is 53.9 Å². The topological polar surface area (TPSA) is 32.6 Å². The summed E-state index contributed by atoms with van der Waals surface area (Å²) >= 11 is 0. The van der Waals surface area contributed by atoms with Crippen molar-refractivity contribution in [1.29, 1.82) is 0 Å². The van der Waals surface area contributed by atoms with E-state index in [0.717, 1.165) is 16.8 Å². The van der Waals surface area contributed by atoms with Gasteiger partial charge in [-0.2, -0.15) is 0 Å². The van der Waals surface area contributed by atoms with E-state index in [0.29, 0.717) is 11.7 Å². The summed E-state index contributed by atoms with van der Waals surface area (Å²) < 4.78 is 0. The summed E-state index contributed by atoms with van der Waals surface area (Å²) in [4.78, 5) is 4.85. The molecule has 1 aliphatic rings. The van der Waals surface area contributed by atoms with Gasteiger partial charge >= 0.3 is 0 Å². The Labute approximate surface area is 158 Å². The molecule has 0 saturated heterocycles. The Hall–Kier alpha value is -2.09. The number of aryl methyl sites for hydroxylation is 1. The molecule has 0 heterocycles. The van der Waals surface area contributed by atoms with Crippen LogP contribution in [0.1, 0.15) is 81.0 Å². The molecule has 1 fully saturated rings. The van der Waals surface area contributed by atoms with Gasteiger partial charge in [0.05, 0.1) is 5.69 Å². The standard InChI is InChI=1S/C24H31NO/c1-17-10-8-14-20(18-11-6-5-7-12-18)22(17)25-16-19-13-9-15-21(23(19)26)24(2,3)4/h8-10,13-16,18,26H,5-7,11-12H2,1-4H3. The SMILES string of the molecule is Cc1cccc(C2CCCCC2)c1N=Cc1cccc(C(C)(C)C)c1O. The van der Waals surface area contributed by atoms with Crippen LogP contribution in [0.4, 0.5) is 5.69 Å². The van der Waals surface area contributed by atoms with Crippen LogP contribution in [-0.2, 0) is 5.41 Å². The second kappa shape index (κ2) is 7.65. The highest BCUT2D eigenvalue weighted by Crippen LogP contribution is 2.39. The number of benzene rings is 2. The van der Waals surface area contributed by atoms with Gasteiger partial charge in [0.2, 0.25) is 0 Å². The van der Waals surface area contributed by atoms with Gasteiger partial charge in [-0.15, -0.1) is 0 Å². The lowest BCUT2D eigenvalue weighted by molar-refractivity contribution is 0.444. The van der Waals surface area contributed by atoms with Gasteiger partial charge < -0.3 is 5.11 Å². The fraction of sp³-hybridized carbons (Fsp3) is 0.458. The average Bonchev–Trinajstić information content (AvgIpc) is 2.61. The fourth-order valence-corrected chi connectivity index (χ4v) is 4.01. The van der Waals surface area contributed by atoms with Gasteiger partial charge in [0.1, 0.15) is 5.75 Å². The average molecular weight is 350 g/mol. The lowest BCUT2D eigenvalue weighted by Gasteiger charge is -2.24. The number of aromatic hydroxyl groups is 1. The molecule has 2 aromatic rings. The summed E-state index contributed by atoms with van der Waals surface area (Å²) in [5.41, 5.74) is 5.31. The Morgan fingerprint density at radius 2 is 1.69 bits per heavy atom. The molecule has 1 aliphatic carbocycles. The number of phenolic OH excluding ortho intramolecular Hbond substituents is 1. The zero-order valence-electron chi connectivity index (χ0n) is 16.5. The smallest absolute Gasteiger partial charge is 0.128 e. The van der Waals surface area contributed by atoms with Crippen LogP contribution in [0, 0.1) is 6.92 Å². The minimum atomic E-state index is -0.0934. The molecule has 0 aromatic heterocycles. The van der Waals surface area contributed by atoms with Crippen molar-refractivity contribution in [3.05, 3.63) is 58.7 Å². The Bertz CT molecular complexity index is 792. The van der Waals surface area contributed by atoms with Crippen molar-refractivity contribution >= 4 is 11.9 Å². The molecule has 2 heteroatoms. The molecule has 0 amide bonds. The van der Waals surface area contributed by atoms with Crippen LogP contribution in [0.5, 0.6) is 5.75 Å². The quantitative estimate of drug-likeness (QED) is 0.607. The molecular weight excluding hydrogens is 318 g/mol. The molecule has 0 radical (unpaired) electrons. The monoisotopic (exact) mass is 349 g/mol. The number of aliphatic imine (C=N–C) groups is 1.